The highest BCUT2D eigenvalue weighted by molar-refractivity contribution is 7.19. The van der Waals surface area contributed by atoms with Crippen LogP contribution in [0.15, 0.2) is 30.5 Å². The van der Waals surface area contributed by atoms with Crippen molar-refractivity contribution in [2.24, 2.45) is 17.3 Å². The van der Waals surface area contributed by atoms with E-state index in [9.17, 15) is 9.59 Å². The third kappa shape index (κ3) is 3.80. The zero-order valence-corrected chi connectivity index (χ0v) is 21.6. The SMILES string of the molecule is Cc1cc(Cl)cc(-c2ccnc3cc(CN4C(=O)C5C(C4=O)C5(C)C)sc23)c1CC1CNCCO1. The van der Waals surface area contributed by atoms with Crippen LogP contribution >= 0.6 is 22.9 Å². The fourth-order valence-electron chi connectivity index (χ4n) is 5.86. The molecule has 4 heterocycles. The number of aromatic nitrogens is 1. The van der Waals surface area contributed by atoms with Crippen molar-refractivity contribution >= 4 is 45.0 Å². The van der Waals surface area contributed by atoms with E-state index in [1.54, 1.807) is 11.3 Å². The maximum absolute atomic E-state index is 12.9. The van der Waals surface area contributed by atoms with Crippen molar-refractivity contribution in [2.75, 3.05) is 19.7 Å². The minimum absolute atomic E-state index is 0.0375. The molecule has 3 fully saturated rings. The van der Waals surface area contributed by atoms with Gasteiger partial charge in [-0.15, -0.1) is 11.3 Å². The monoisotopic (exact) mass is 509 g/mol. The summed E-state index contributed by atoms with van der Waals surface area (Å²) in [4.78, 5) is 32.7. The Bertz CT molecular complexity index is 1340. The van der Waals surface area contributed by atoms with Crippen molar-refractivity contribution in [1.82, 2.24) is 15.2 Å². The average molecular weight is 510 g/mol. The third-order valence-electron chi connectivity index (χ3n) is 7.83. The number of aryl methyl sites for hydroxylation is 1. The van der Waals surface area contributed by atoms with Crippen molar-refractivity contribution in [3.05, 3.63) is 51.5 Å². The van der Waals surface area contributed by atoms with Crippen LogP contribution in [0.2, 0.25) is 5.02 Å². The van der Waals surface area contributed by atoms with Gasteiger partial charge in [-0.2, -0.15) is 0 Å². The molecular weight excluding hydrogens is 482 g/mol. The van der Waals surface area contributed by atoms with Crippen LogP contribution in [0.5, 0.6) is 0 Å². The van der Waals surface area contributed by atoms with Gasteiger partial charge < -0.3 is 10.1 Å². The van der Waals surface area contributed by atoms with Gasteiger partial charge in [-0.1, -0.05) is 25.4 Å². The number of benzene rings is 1. The molecule has 1 saturated carbocycles. The number of nitrogens with one attached hydrogen (secondary N) is 1. The number of imide groups is 1. The summed E-state index contributed by atoms with van der Waals surface area (Å²) < 4.78 is 7.04. The second-order valence-corrected chi connectivity index (χ2v) is 12.0. The molecule has 6 rings (SSSR count). The summed E-state index contributed by atoms with van der Waals surface area (Å²) in [5.74, 6) is -0.396. The van der Waals surface area contributed by atoms with Gasteiger partial charge in [-0.3, -0.25) is 19.5 Å². The van der Waals surface area contributed by atoms with Crippen molar-refractivity contribution < 1.29 is 14.3 Å². The largest absolute Gasteiger partial charge is 0.375 e. The normalized spacial score (nSPS) is 25.4. The molecule has 3 unspecified atom stereocenters. The van der Waals surface area contributed by atoms with Gasteiger partial charge in [0.25, 0.3) is 0 Å². The Labute approximate surface area is 213 Å². The molecule has 35 heavy (non-hydrogen) atoms. The Hall–Kier alpha value is -2.32. The molecule has 0 bridgehead atoms. The van der Waals surface area contributed by atoms with Gasteiger partial charge in [0.05, 0.1) is 41.3 Å². The van der Waals surface area contributed by atoms with Crippen molar-refractivity contribution in [3.63, 3.8) is 0 Å². The summed E-state index contributed by atoms with van der Waals surface area (Å²) in [7, 11) is 0. The average Bonchev–Trinajstić information content (AvgIpc) is 3.07. The van der Waals surface area contributed by atoms with Crippen LogP contribution in [0.25, 0.3) is 21.3 Å². The van der Waals surface area contributed by atoms with Crippen LogP contribution in [0.4, 0.5) is 0 Å². The van der Waals surface area contributed by atoms with Crippen LogP contribution in [0.3, 0.4) is 0 Å². The maximum Gasteiger partial charge on any atom is 0.234 e. The van der Waals surface area contributed by atoms with Crippen LogP contribution in [0.1, 0.15) is 29.9 Å². The van der Waals surface area contributed by atoms with E-state index in [-0.39, 0.29) is 35.2 Å². The Balaban J connectivity index is 1.35. The van der Waals surface area contributed by atoms with E-state index in [0.29, 0.717) is 18.2 Å². The predicted molar refractivity (Wildman–Crippen MR) is 137 cm³/mol. The quantitative estimate of drug-likeness (QED) is 0.509. The molecule has 1 aromatic carbocycles. The number of morpholine rings is 1. The Morgan fingerprint density at radius 1 is 1.20 bits per heavy atom. The number of halogens is 1. The number of amides is 2. The second kappa shape index (κ2) is 8.37. The van der Waals surface area contributed by atoms with Gasteiger partial charge >= 0.3 is 0 Å². The summed E-state index contributed by atoms with van der Waals surface area (Å²) in [5, 5.41) is 4.11. The number of carbonyl (C=O) groups excluding carboxylic acids is 2. The van der Waals surface area contributed by atoms with Gasteiger partial charge in [0, 0.05) is 41.2 Å². The maximum atomic E-state index is 12.9. The van der Waals surface area contributed by atoms with E-state index in [4.69, 9.17) is 16.3 Å². The number of fused-ring (bicyclic) bond motifs is 2. The fraction of sp³-hybridized carbons (Fsp3) is 0.444. The Morgan fingerprint density at radius 2 is 1.97 bits per heavy atom. The summed E-state index contributed by atoms with van der Waals surface area (Å²) >= 11 is 8.12. The van der Waals surface area contributed by atoms with Crippen LogP contribution in [0, 0.1) is 24.2 Å². The first-order valence-corrected chi connectivity index (χ1v) is 13.3. The molecule has 0 spiro atoms. The smallest absolute Gasteiger partial charge is 0.234 e. The van der Waals surface area contributed by atoms with Crippen molar-refractivity contribution in [3.8, 4) is 11.1 Å². The lowest BCUT2D eigenvalue weighted by Crippen LogP contribution is -2.39. The van der Waals surface area contributed by atoms with Crippen molar-refractivity contribution in [1.29, 1.82) is 0 Å². The topological polar surface area (TPSA) is 71.5 Å². The number of carbonyl (C=O) groups is 2. The Morgan fingerprint density at radius 3 is 2.69 bits per heavy atom. The van der Waals surface area contributed by atoms with E-state index in [1.165, 1.54) is 10.5 Å². The van der Waals surface area contributed by atoms with Gasteiger partial charge in [0.1, 0.15) is 0 Å². The predicted octanol–water partition coefficient (Wildman–Crippen LogP) is 4.60. The zero-order chi connectivity index (χ0) is 24.5. The molecule has 0 radical (unpaired) electrons. The minimum atomic E-state index is -0.196. The number of rotatable bonds is 5. The lowest BCUT2D eigenvalue weighted by Gasteiger charge is -2.25. The first kappa shape index (κ1) is 23.1. The zero-order valence-electron chi connectivity index (χ0n) is 20.1. The highest BCUT2D eigenvalue weighted by Crippen LogP contribution is 2.63. The summed E-state index contributed by atoms with van der Waals surface area (Å²) in [6, 6.07) is 8.06. The molecule has 2 saturated heterocycles. The molecule has 3 aromatic rings. The number of nitrogens with zero attached hydrogens (tertiary/aromatic N) is 2. The molecule has 8 heteroatoms. The minimum Gasteiger partial charge on any atom is -0.375 e. The van der Waals surface area contributed by atoms with E-state index in [1.807, 2.05) is 44.3 Å². The van der Waals surface area contributed by atoms with E-state index in [0.717, 1.165) is 51.3 Å². The lowest BCUT2D eigenvalue weighted by molar-refractivity contribution is -0.143. The van der Waals surface area contributed by atoms with Crippen LogP contribution in [-0.4, -0.2) is 47.5 Å². The number of hydrogen-bond acceptors (Lipinski definition) is 6. The van der Waals surface area contributed by atoms with Gasteiger partial charge in [0.15, 0.2) is 0 Å². The molecule has 182 valence electrons. The van der Waals surface area contributed by atoms with E-state index < -0.39 is 0 Å². The molecule has 6 nitrogen and oxygen atoms in total. The molecule has 1 aliphatic carbocycles. The number of thiophene rings is 1. The molecule has 2 amide bonds. The summed E-state index contributed by atoms with van der Waals surface area (Å²) in [5.41, 5.74) is 5.18. The fourth-order valence-corrected chi connectivity index (χ4v) is 7.26. The first-order chi connectivity index (χ1) is 16.8. The Kier molecular flexibility index (Phi) is 5.53. The van der Waals surface area contributed by atoms with E-state index in [2.05, 4.69) is 17.2 Å². The molecule has 1 N–H and O–H groups in total. The summed E-state index contributed by atoms with van der Waals surface area (Å²) in [6.45, 7) is 8.84. The van der Waals surface area contributed by atoms with Gasteiger partial charge in [-0.25, -0.2) is 0 Å². The standard InChI is InChI=1S/C27H28ClN3O3S/c1-14-8-15(28)9-20(19(14)10-16-12-29-6-7-34-16)18-4-5-30-21-11-17(35-24(18)21)13-31-25(32)22-23(26(31)33)27(22,2)3/h4-5,8-9,11,16,22-23,29H,6-7,10,12-13H2,1-3H3. The van der Waals surface area contributed by atoms with Gasteiger partial charge in [0.2, 0.25) is 11.8 Å². The lowest BCUT2D eigenvalue weighted by atomic mass is 9.92. The molecule has 2 aromatic heterocycles. The van der Waals surface area contributed by atoms with Gasteiger partial charge in [-0.05, 0) is 53.3 Å². The highest BCUT2D eigenvalue weighted by atomic mass is 35.5. The number of piperidine rings is 1. The molecular formula is C27H28ClN3O3S. The number of hydrogen-bond donors (Lipinski definition) is 1. The van der Waals surface area contributed by atoms with Crippen LogP contribution < -0.4 is 5.32 Å². The molecule has 2 aliphatic heterocycles. The first-order valence-electron chi connectivity index (χ1n) is 12.1. The second-order valence-electron chi connectivity index (χ2n) is 10.5. The highest BCUT2D eigenvalue weighted by Gasteiger charge is 2.72. The van der Waals surface area contributed by atoms with Crippen LogP contribution in [-0.2, 0) is 27.3 Å². The molecule has 3 atom stereocenters. The molecule has 3 aliphatic rings. The number of ether oxygens (including phenoxy) is 1. The summed E-state index contributed by atoms with van der Waals surface area (Å²) in [6.07, 6.45) is 2.72. The van der Waals surface area contributed by atoms with E-state index >= 15 is 0 Å². The number of pyridine rings is 1. The number of likely N-dealkylation sites (tertiary alicyclic amines) is 1. The van der Waals surface area contributed by atoms with Crippen molar-refractivity contribution in [2.45, 2.75) is 39.8 Å². The third-order valence-corrected chi connectivity index (χ3v) is 9.19.